The Labute approximate surface area is 140 Å². The third-order valence-electron chi connectivity index (χ3n) is 3.82. The minimum absolute atomic E-state index is 0.0764. The summed E-state index contributed by atoms with van der Waals surface area (Å²) in [6, 6.07) is 0.172. The van der Waals surface area contributed by atoms with E-state index >= 15 is 0 Å². The molecule has 23 heavy (non-hydrogen) atoms. The molecular formula is C16H23N5OS. The van der Waals surface area contributed by atoms with Crippen LogP contribution in [0.5, 0.6) is 0 Å². The zero-order valence-electron chi connectivity index (χ0n) is 14.0. The molecule has 0 amide bonds. The van der Waals surface area contributed by atoms with Crippen LogP contribution in [-0.2, 0) is 5.41 Å². The summed E-state index contributed by atoms with van der Waals surface area (Å²) < 4.78 is 5.34. The molecule has 7 heteroatoms. The van der Waals surface area contributed by atoms with Gasteiger partial charge in [-0.25, -0.2) is 4.98 Å². The first kappa shape index (κ1) is 16.3. The molecule has 1 aliphatic rings. The van der Waals surface area contributed by atoms with Gasteiger partial charge in [0, 0.05) is 42.2 Å². The first-order valence-electron chi connectivity index (χ1n) is 7.82. The van der Waals surface area contributed by atoms with Crippen molar-refractivity contribution in [3.8, 4) is 0 Å². The average molecular weight is 333 g/mol. The maximum atomic E-state index is 5.34. The number of nitrogens with zero attached hydrogens (tertiary/aromatic N) is 4. The van der Waals surface area contributed by atoms with Gasteiger partial charge in [-0.05, 0) is 13.1 Å². The SMILES string of the molecule is CN1CCNCC1c1noc(/C=C/c2cnc(C(C)(C)C)s2)n1. The molecule has 1 aliphatic heterocycles. The fraction of sp³-hybridized carbons (Fsp3) is 0.562. The maximum Gasteiger partial charge on any atom is 0.250 e. The van der Waals surface area contributed by atoms with Crippen molar-refractivity contribution in [1.29, 1.82) is 0 Å². The van der Waals surface area contributed by atoms with Gasteiger partial charge in [-0.2, -0.15) is 4.98 Å². The fourth-order valence-electron chi connectivity index (χ4n) is 2.41. The molecule has 0 spiro atoms. The summed E-state index contributed by atoms with van der Waals surface area (Å²) in [6.45, 7) is 9.33. The van der Waals surface area contributed by atoms with Crippen molar-refractivity contribution < 1.29 is 4.52 Å². The lowest BCUT2D eigenvalue weighted by molar-refractivity contribution is 0.190. The number of piperazine rings is 1. The number of nitrogens with one attached hydrogen (secondary N) is 1. The molecule has 1 saturated heterocycles. The molecule has 0 saturated carbocycles. The van der Waals surface area contributed by atoms with Gasteiger partial charge in [0.25, 0.3) is 5.89 Å². The van der Waals surface area contributed by atoms with Crippen molar-refractivity contribution in [1.82, 2.24) is 25.3 Å². The van der Waals surface area contributed by atoms with Crippen molar-refractivity contribution in [3.63, 3.8) is 0 Å². The Bertz CT molecular complexity index is 685. The van der Waals surface area contributed by atoms with Crippen LogP contribution in [0, 0.1) is 0 Å². The molecule has 0 bridgehead atoms. The van der Waals surface area contributed by atoms with Crippen molar-refractivity contribution in [2.24, 2.45) is 0 Å². The zero-order chi connectivity index (χ0) is 16.4. The quantitative estimate of drug-likeness (QED) is 0.931. The Morgan fingerprint density at radius 2 is 2.22 bits per heavy atom. The maximum absolute atomic E-state index is 5.34. The second-order valence-electron chi connectivity index (χ2n) is 6.84. The molecule has 3 rings (SSSR count). The monoisotopic (exact) mass is 333 g/mol. The van der Waals surface area contributed by atoms with Gasteiger partial charge in [-0.15, -0.1) is 11.3 Å². The molecule has 124 valence electrons. The van der Waals surface area contributed by atoms with Crippen LogP contribution >= 0.6 is 11.3 Å². The second kappa shape index (κ2) is 6.51. The highest BCUT2D eigenvalue weighted by molar-refractivity contribution is 7.12. The summed E-state index contributed by atoms with van der Waals surface area (Å²) in [5, 5.41) is 8.60. The van der Waals surface area contributed by atoms with E-state index in [2.05, 4.69) is 53.2 Å². The van der Waals surface area contributed by atoms with E-state index in [1.54, 1.807) is 11.3 Å². The molecular weight excluding hydrogens is 310 g/mol. The van der Waals surface area contributed by atoms with Crippen molar-refractivity contribution >= 4 is 23.5 Å². The number of thiazole rings is 1. The van der Waals surface area contributed by atoms with Gasteiger partial charge in [0.05, 0.1) is 11.0 Å². The van der Waals surface area contributed by atoms with Gasteiger partial charge in [-0.3, -0.25) is 4.90 Å². The lowest BCUT2D eigenvalue weighted by atomic mass is 9.98. The molecule has 3 heterocycles. The van der Waals surface area contributed by atoms with Gasteiger partial charge >= 0.3 is 0 Å². The van der Waals surface area contributed by atoms with Crippen LogP contribution < -0.4 is 5.32 Å². The Morgan fingerprint density at radius 3 is 2.91 bits per heavy atom. The van der Waals surface area contributed by atoms with Crippen molar-refractivity contribution in [2.45, 2.75) is 32.2 Å². The molecule has 1 atom stereocenters. The molecule has 1 N–H and O–H groups in total. The van der Waals surface area contributed by atoms with Crippen LogP contribution in [-0.4, -0.2) is 46.7 Å². The topological polar surface area (TPSA) is 67.1 Å². The van der Waals surface area contributed by atoms with E-state index < -0.39 is 0 Å². The van der Waals surface area contributed by atoms with E-state index in [0.717, 1.165) is 35.3 Å². The highest BCUT2D eigenvalue weighted by atomic mass is 32.1. The van der Waals surface area contributed by atoms with Gasteiger partial charge in [-0.1, -0.05) is 25.9 Å². The number of likely N-dealkylation sites (N-methyl/N-ethyl adjacent to an activating group) is 1. The predicted octanol–water partition coefficient (Wildman–Crippen LogP) is 2.57. The van der Waals surface area contributed by atoms with Crippen LogP contribution in [0.25, 0.3) is 12.2 Å². The van der Waals surface area contributed by atoms with Crippen LogP contribution in [0.2, 0.25) is 0 Å². The standard InChI is InChI=1S/C16H23N5OS/c1-16(2,3)15-18-9-11(23-15)5-6-13-19-14(20-22-13)12-10-17-7-8-21(12)4/h5-6,9,12,17H,7-8,10H2,1-4H3/b6-5+. The van der Waals surface area contributed by atoms with Crippen molar-refractivity contribution in [3.05, 3.63) is 27.8 Å². The summed E-state index contributed by atoms with van der Waals surface area (Å²) in [4.78, 5) is 12.3. The third kappa shape index (κ3) is 3.85. The first-order valence-corrected chi connectivity index (χ1v) is 8.64. The first-order chi connectivity index (χ1) is 10.9. The van der Waals surface area contributed by atoms with E-state index in [9.17, 15) is 0 Å². The van der Waals surface area contributed by atoms with E-state index in [1.807, 2.05) is 18.3 Å². The van der Waals surface area contributed by atoms with E-state index in [4.69, 9.17) is 4.52 Å². The molecule has 1 unspecified atom stereocenters. The molecule has 2 aromatic heterocycles. The normalized spacial score (nSPS) is 20.4. The van der Waals surface area contributed by atoms with Crippen LogP contribution in [0.15, 0.2) is 10.7 Å². The summed E-state index contributed by atoms with van der Waals surface area (Å²) >= 11 is 1.69. The second-order valence-corrected chi connectivity index (χ2v) is 7.90. The average Bonchev–Trinajstić information content (AvgIpc) is 3.14. The predicted molar refractivity (Wildman–Crippen MR) is 92.3 cm³/mol. The number of rotatable bonds is 3. The van der Waals surface area contributed by atoms with E-state index in [-0.39, 0.29) is 11.5 Å². The molecule has 0 radical (unpaired) electrons. The van der Waals surface area contributed by atoms with E-state index in [1.165, 1.54) is 0 Å². The Morgan fingerprint density at radius 1 is 1.39 bits per heavy atom. The largest absolute Gasteiger partial charge is 0.335 e. The zero-order valence-corrected chi connectivity index (χ0v) is 14.9. The summed E-state index contributed by atoms with van der Waals surface area (Å²) in [5.41, 5.74) is 0.0764. The van der Waals surface area contributed by atoms with Crippen LogP contribution in [0.1, 0.15) is 48.4 Å². The Balaban J connectivity index is 1.70. The Kier molecular flexibility index (Phi) is 4.61. The Hall–Kier alpha value is -1.57. The van der Waals surface area contributed by atoms with Crippen LogP contribution in [0.4, 0.5) is 0 Å². The van der Waals surface area contributed by atoms with Crippen molar-refractivity contribution in [2.75, 3.05) is 26.7 Å². The lowest BCUT2D eigenvalue weighted by Gasteiger charge is -2.30. The molecule has 0 aromatic carbocycles. The smallest absolute Gasteiger partial charge is 0.250 e. The summed E-state index contributed by atoms with van der Waals surface area (Å²) in [7, 11) is 2.09. The summed E-state index contributed by atoms with van der Waals surface area (Å²) in [6.07, 6.45) is 5.72. The number of hydrogen-bond acceptors (Lipinski definition) is 7. The molecule has 1 fully saturated rings. The minimum atomic E-state index is 0.0764. The van der Waals surface area contributed by atoms with Gasteiger partial charge in [0.15, 0.2) is 5.82 Å². The third-order valence-corrected chi connectivity index (χ3v) is 5.21. The van der Waals surface area contributed by atoms with E-state index in [0.29, 0.717) is 5.89 Å². The van der Waals surface area contributed by atoms with Gasteiger partial charge in [0.1, 0.15) is 0 Å². The van der Waals surface area contributed by atoms with Gasteiger partial charge < -0.3 is 9.84 Å². The lowest BCUT2D eigenvalue weighted by Crippen LogP contribution is -2.44. The minimum Gasteiger partial charge on any atom is -0.335 e. The molecule has 6 nitrogen and oxygen atoms in total. The number of aromatic nitrogens is 3. The fourth-order valence-corrected chi connectivity index (χ4v) is 3.28. The number of hydrogen-bond donors (Lipinski definition) is 1. The van der Waals surface area contributed by atoms with Gasteiger partial charge in [0.2, 0.25) is 0 Å². The summed E-state index contributed by atoms with van der Waals surface area (Å²) in [5.74, 6) is 1.27. The molecule has 2 aromatic rings. The molecule has 0 aliphatic carbocycles. The highest BCUT2D eigenvalue weighted by Crippen LogP contribution is 2.27. The van der Waals surface area contributed by atoms with Crippen LogP contribution in [0.3, 0.4) is 0 Å². The highest BCUT2D eigenvalue weighted by Gasteiger charge is 2.24.